The first-order valence-corrected chi connectivity index (χ1v) is 12.1. The summed E-state index contributed by atoms with van der Waals surface area (Å²) in [7, 11) is 1.81. The van der Waals surface area contributed by atoms with E-state index >= 15 is 0 Å². The average Bonchev–Trinajstić information content (AvgIpc) is 3.41. The number of fused-ring (bicyclic) bond motifs is 1. The molecule has 1 amide bonds. The van der Waals surface area contributed by atoms with Crippen LogP contribution in [0.5, 0.6) is 0 Å². The number of hydrogen-bond donors (Lipinski definition) is 4. The Kier molecular flexibility index (Phi) is 7.64. The molecule has 12 heteroatoms. The minimum Gasteiger partial charge on any atom is -0.448 e. The number of nitrogen functional groups attached to an aromatic ring is 1. The zero-order valence-corrected chi connectivity index (χ0v) is 21.6. The number of anilines is 1. The van der Waals surface area contributed by atoms with Crippen LogP contribution in [0.1, 0.15) is 31.9 Å². The van der Waals surface area contributed by atoms with Crippen molar-refractivity contribution in [2.24, 2.45) is 0 Å². The van der Waals surface area contributed by atoms with Crippen LogP contribution in [0.3, 0.4) is 0 Å². The van der Waals surface area contributed by atoms with Crippen LogP contribution in [0.15, 0.2) is 36.9 Å². The normalized spacial score (nSPS) is 22.0. The maximum absolute atomic E-state index is 12.1. The Balaban J connectivity index is 1.22. The van der Waals surface area contributed by atoms with Gasteiger partial charge in [0.2, 0.25) is 0 Å². The summed E-state index contributed by atoms with van der Waals surface area (Å²) in [5.41, 5.74) is 6.99. The second-order valence-corrected chi connectivity index (χ2v) is 10.4. The number of rotatable bonds is 8. The molecule has 3 aromatic rings. The fraction of sp³-hybridized carbons (Fsp3) is 0.520. The monoisotopic (exact) mass is 513 g/mol. The largest absolute Gasteiger partial charge is 0.448 e. The van der Waals surface area contributed by atoms with E-state index in [1.165, 1.54) is 22.8 Å². The standard InChI is InChI=1S/C25H35N7O5/c1-24(2,3)17-7-5-16(6-8-17)11-27-23(34)36-10-9-31(4)12-18-20(33)25(35,13-37-18)32-15-30-19-21(26)28-14-29-22(19)32/h5-8,14-15,18,20,33,35H,9-13H2,1-4H3,(H,27,34)(H2,26,28,29)/t18-,20-,25+/m1/s1. The summed E-state index contributed by atoms with van der Waals surface area (Å²) in [5, 5.41) is 24.8. The van der Waals surface area contributed by atoms with Crippen molar-refractivity contribution in [2.45, 2.75) is 50.7 Å². The lowest BCUT2D eigenvalue weighted by molar-refractivity contribution is -0.108. The van der Waals surface area contributed by atoms with Gasteiger partial charge in [-0.2, -0.15) is 0 Å². The first-order chi connectivity index (χ1) is 17.5. The Labute approximate surface area is 215 Å². The smallest absolute Gasteiger partial charge is 0.407 e. The highest BCUT2D eigenvalue weighted by atomic mass is 16.6. The molecule has 3 heterocycles. The zero-order chi connectivity index (χ0) is 26.8. The Morgan fingerprint density at radius 3 is 2.73 bits per heavy atom. The fourth-order valence-electron chi connectivity index (χ4n) is 4.25. The summed E-state index contributed by atoms with van der Waals surface area (Å²) in [6.07, 6.45) is 0.188. The molecule has 5 N–H and O–H groups in total. The van der Waals surface area contributed by atoms with Gasteiger partial charge in [0.15, 0.2) is 17.2 Å². The van der Waals surface area contributed by atoms with Gasteiger partial charge in [0, 0.05) is 19.6 Å². The van der Waals surface area contributed by atoms with Gasteiger partial charge in [0.25, 0.3) is 0 Å². The number of likely N-dealkylation sites (N-methyl/N-ethyl adjacent to an activating group) is 1. The van der Waals surface area contributed by atoms with Crippen molar-refractivity contribution in [3.8, 4) is 0 Å². The van der Waals surface area contributed by atoms with Crippen LogP contribution in [-0.2, 0) is 27.2 Å². The highest BCUT2D eigenvalue weighted by Crippen LogP contribution is 2.32. The molecular weight excluding hydrogens is 478 g/mol. The number of ether oxygens (including phenoxy) is 2. The van der Waals surface area contributed by atoms with Crippen molar-refractivity contribution in [3.63, 3.8) is 0 Å². The molecule has 4 rings (SSSR count). The van der Waals surface area contributed by atoms with Gasteiger partial charge >= 0.3 is 6.09 Å². The molecular formula is C25H35N7O5. The van der Waals surface area contributed by atoms with Crippen molar-refractivity contribution in [2.75, 3.05) is 39.1 Å². The molecule has 0 spiro atoms. The van der Waals surface area contributed by atoms with Gasteiger partial charge in [-0.05, 0) is 23.6 Å². The van der Waals surface area contributed by atoms with E-state index in [0.29, 0.717) is 30.8 Å². The molecule has 0 aliphatic carbocycles. The number of imidazole rings is 1. The number of hydrogen-bond acceptors (Lipinski definition) is 10. The Morgan fingerprint density at radius 1 is 1.30 bits per heavy atom. The minimum absolute atomic E-state index is 0.0759. The van der Waals surface area contributed by atoms with Gasteiger partial charge in [-0.15, -0.1) is 0 Å². The van der Waals surface area contributed by atoms with Gasteiger partial charge in [0.1, 0.15) is 30.7 Å². The molecule has 37 heavy (non-hydrogen) atoms. The molecule has 1 aromatic carbocycles. The number of alkyl carbamates (subject to hydrolysis) is 1. The predicted octanol–water partition coefficient (Wildman–Crippen LogP) is 0.969. The summed E-state index contributed by atoms with van der Waals surface area (Å²) in [5.74, 6) is 0.180. The highest BCUT2D eigenvalue weighted by Gasteiger charge is 2.50. The lowest BCUT2D eigenvalue weighted by Gasteiger charge is -2.29. The Morgan fingerprint density at radius 2 is 2.03 bits per heavy atom. The van der Waals surface area contributed by atoms with Crippen molar-refractivity contribution >= 4 is 23.1 Å². The number of nitrogens with one attached hydrogen (secondary N) is 1. The molecule has 0 bridgehead atoms. The van der Waals surface area contributed by atoms with Crippen LogP contribution in [0.2, 0.25) is 0 Å². The van der Waals surface area contributed by atoms with E-state index in [0.717, 1.165) is 5.56 Å². The number of amides is 1. The molecule has 12 nitrogen and oxygen atoms in total. The molecule has 1 saturated heterocycles. The number of nitrogens with zero attached hydrogens (tertiary/aromatic N) is 5. The quantitative estimate of drug-likeness (QED) is 0.342. The van der Waals surface area contributed by atoms with E-state index < -0.39 is 24.0 Å². The number of carbonyl (C=O) groups is 1. The Hall–Kier alpha value is -3.32. The van der Waals surface area contributed by atoms with Gasteiger partial charge in [-0.1, -0.05) is 45.0 Å². The van der Waals surface area contributed by atoms with Crippen molar-refractivity contribution in [1.29, 1.82) is 0 Å². The first kappa shape index (κ1) is 26.7. The van der Waals surface area contributed by atoms with Gasteiger partial charge in [-0.3, -0.25) is 4.57 Å². The van der Waals surface area contributed by atoms with Crippen LogP contribution >= 0.6 is 0 Å². The zero-order valence-electron chi connectivity index (χ0n) is 21.6. The van der Waals surface area contributed by atoms with E-state index in [1.807, 2.05) is 24.1 Å². The summed E-state index contributed by atoms with van der Waals surface area (Å²) in [4.78, 5) is 26.1. The number of benzene rings is 1. The SMILES string of the molecule is CN(CCOC(=O)NCc1ccc(C(C)(C)C)cc1)C[C@H]1OC[C@@](O)(n2cnc3c(N)ncnc32)[C@@H]1O. The predicted molar refractivity (Wildman–Crippen MR) is 137 cm³/mol. The number of aliphatic hydroxyl groups is 2. The van der Waals surface area contributed by atoms with E-state index in [1.54, 1.807) is 0 Å². The van der Waals surface area contributed by atoms with E-state index in [9.17, 15) is 15.0 Å². The van der Waals surface area contributed by atoms with Crippen LogP contribution in [0, 0.1) is 0 Å². The van der Waals surface area contributed by atoms with Crippen LogP contribution in [-0.4, -0.2) is 86.3 Å². The first-order valence-electron chi connectivity index (χ1n) is 12.1. The lowest BCUT2D eigenvalue weighted by Crippen LogP contribution is -2.48. The molecule has 200 valence electrons. The molecule has 1 fully saturated rings. The summed E-state index contributed by atoms with van der Waals surface area (Å²) in [6.45, 7) is 7.55. The molecule has 1 aliphatic heterocycles. The summed E-state index contributed by atoms with van der Waals surface area (Å²) < 4.78 is 12.4. The van der Waals surface area contributed by atoms with Crippen molar-refractivity contribution in [3.05, 3.63) is 48.0 Å². The average molecular weight is 514 g/mol. The topological polar surface area (TPSA) is 161 Å². The number of carbonyl (C=O) groups excluding carboxylic acids is 1. The Bertz CT molecular complexity index is 1230. The van der Waals surface area contributed by atoms with Gasteiger partial charge in [-0.25, -0.2) is 19.7 Å². The summed E-state index contributed by atoms with van der Waals surface area (Å²) >= 11 is 0. The van der Waals surface area contributed by atoms with Crippen LogP contribution in [0.25, 0.3) is 11.2 Å². The molecule has 1 aliphatic rings. The van der Waals surface area contributed by atoms with Crippen LogP contribution < -0.4 is 11.1 Å². The van der Waals surface area contributed by atoms with E-state index in [-0.39, 0.29) is 24.4 Å². The third kappa shape index (κ3) is 5.82. The number of aliphatic hydroxyl groups excluding tert-OH is 1. The number of aromatic nitrogens is 4. The lowest BCUT2D eigenvalue weighted by atomic mass is 9.87. The molecule has 0 radical (unpaired) electrons. The van der Waals surface area contributed by atoms with E-state index in [4.69, 9.17) is 15.2 Å². The third-order valence-electron chi connectivity index (χ3n) is 6.57. The fourth-order valence-corrected chi connectivity index (χ4v) is 4.25. The maximum Gasteiger partial charge on any atom is 0.407 e. The maximum atomic E-state index is 12.1. The second kappa shape index (κ2) is 10.6. The molecule has 2 aromatic heterocycles. The third-order valence-corrected chi connectivity index (χ3v) is 6.57. The number of nitrogens with two attached hydrogens (primary N) is 1. The second-order valence-electron chi connectivity index (χ2n) is 10.4. The highest BCUT2D eigenvalue weighted by molar-refractivity contribution is 5.81. The van der Waals surface area contributed by atoms with Crippen LogP contribution in [0.4, 0.5) is 10.6 Å². The molecule has 0 saturated carbocycles. The molecule has 0 unspecified atom stereocenters. The van der Waals surface area contributed by atoms with Gasteiger partial charge in [0.05, 0.1) is 12.9 Å². The van der Waals surface area contributed by atoms with Crippen molar-refractivity contribution < 1.29 is 24.5 Å². The summed E-state index contributed by atoms with van der Waals surface area (Å²) in [6, 6.07) is 8.13. The molecule has 3 atom stereocenters. The van der Waals surface area contributed by atoms with E-state index in [2.05, 4.69) is 53.2 Å². The van der Waals surface area contributed by atoms with Gasteiger partial charge < -0.3 is 35.6 Å². The minimum atomic E-state index is -1.76. The van der Waals surface area contributed by atoms with Crippen molar-refractivity contribution in [1.82, 2.24) is 29.7 Å².